The average Bonchev–Trinajstić information content (AvgIpc) is 3.54. The number of benzene rings is 4. The van der Waals surface area contributed by atoms with Gasteiger partial charge in [-0.05, 0) is 0 Å². The maximum atomic E-state index is 2.67. The molecule has 0 aliphatic heterocycles. The Morgan fingerprint density at radius 2 is 1.09 bits per heavy atom. The predicted octanol–water partition coefficient (Wildman–Crippen LogP) is 4.41. The first-order valence-electron chi connectivity index (χ1n) is 15.1. The summed E-state index contributed by atoms with van der Waals surface area (Å²) in [5.41, 5.74) is 13.0. The Hall–Kier alpha value is -2.31. The van der Waals surface area contributed by atoms with Crippen LogP contribution in [-0.2, 0) is 21.3 Å². The van der Waals surface area contributed by atoms with Crippen molar-refractivity contribution in [2.45, 2.75) is 52.1 Å². The van der Waals surface area contributed by atoms with E-state index in [1.807, 2.05) is 0 Å². The number of fused-ring (bicyclic) bond motifs is 3. The summed E-state index contributed by atoms with van der Waals surface area (Å²) >= 11 is -2.78. The summed E-state index contributed by atoms with van der Waals surface area (Å²) in [5.74, 6) is 1.03. The molecule has 6 rings (SSSR count). The van der Waals surface area contributed by atoms with E-state index in [0.717, 1.165) is 0 Å². The van der Waals surface area contributed by atoms with E-state index in [2.05, 4.69) is 158 Å². The van der Waals surface area contributed by atoms with E-state index >= 15 is 0 Å². The van der Waals surface area contributed by atoms with Crippen LogP contribution in [0.1, 0.15) is 71.6 Å². The molecule has 4 aromatic rings. The van der Waals surface area contributed by atoms with Crippen LogP contribution in [0.25, 0.3) is 11.1 Å². The van der Waals surface area contributed by atoms with Crippen molar-refractivity contribution < 1.29 is 46.1 Å². The quantitative estimate of drug-likeness (QED) is 0.293. The van der Waals surface area contributed by atoms with E-state index < -0.39 is 21.3 Å². The van der Waals surface area contributed by atoms with Gasteiger partial charge in [0, 0.05) is 0 Å². The van der Waals surface area contributed by atoms with E-state index in [9.17, 15) is 0 Å². The second kappa shape index (κ2) is 13.4. The fraction of sp³-hybridized carbons (Fsp3) is 0.275. The van der Waals surface area contributed by atoms with Crippen molar-refractivity contribution >= 4 is 3.21 Å². The number of aryl methyl sites for hydroxylation is 2. The van der Waals surface area contributed by atoms with Crippen LogP contribution in [0.15, 0.2) is 118 Å². The number of rotatable bonds is 5. The number of halogens is 2. The van der Waals surface area contributed by atoms with Gasteiger partial charge in [0.25, 0.3) is 0 Å². The van der Waals surface area contributed by atoms with Gasteiger partial charge >= 0.3 is 256 Å². The van der Waals surface area contributed by atoms with Gasteiger partial charge in [0.05, 0.1) is 0 Å². The zero-order valence-corrected chi connectivity index (χ0v) is 30.4. The smallest absolute Gasteiger partial charge is 1.00 e. The van der Waals surface area contributed by atoms with Crippen LogP contribution < -0.4 is 24.8 Å². The van der Waals surface area contributed by atoms with Crippen molar-refractivity contribution in [1.29, 1.82) is 0 Å². The molecule has 0 fully saturated rings. The van der Waals surface area contributed by atoms with Crippen LogP contribution in [0, 0.1) is 31.1 Å². The molecule has 1 atom stereocenters. The van der Waals surface area contributed by atoms with Gasteiger partial charge in [-0.3, -0.25) is 0 Å². The molecule has 0 nitrogen and oxygen atoms in total. The molecule has 0 N–H and O–H groups in total. The second-order valence-corrected chi connectivity index (χ2v) is 19.5. The van der Waals surface area contributed by atoms with Crippen molar-refractivity contribution in [2.75, 3.05) is 0 Å². The van der Waals surface area contributed by atoms with E-state index in [-0.39, 0.29) is 30.2 Å². The molecule has 2 aliphatic carbocycles. The van der Waals surface area contributed by atoms with Gasteiger partial charge in [-0.1, -0.05) is 0 Å². The number of hydrogen-bond acceptors (Lipinski definition) is 0. The Morgan fingerprint density at radius 3 is 1.51 bits per heavy atom. The third-order valence-corrected chi connectivity index (χ3v) is 17.4. The van der Waals surface area contributed by atoms with Crippen LogP contribution >= 0.6 is 0 Å². The van der Waals surface area contributed by atoms with Crippen molar-refractivity contribution in [3.63, 3.8) is 0 Å². The molecule has 0 spiro atoms. The molecule has 2 aliphatic rings. The first-order valence-corrected chi connectivity index (χ1v) is 19.0. The van der Waals surface area contributed by atoms with Gasteiger partial charge in [0.1, 0.15) is 0 Å². The molecule has 0 radical (unpaired) electrons. The SMILES string of the molecule is Cc1ccc([C](c2ccc(C)cc2)=[Zr+2]([C]2=CC(C(C)(C)C)=CC2C(C)C)[CH]2c3ccccc3-c3ccccc32)cc1.[Cl-].[Cl-]. The van der Waals surface area contributed by atoms with Gasteiger partial charge in [0.2, 0.25) is 0 Å². The van der Waals surface area contributed by atoms with Gasteiger partial charge in [0.15, 0.2) is 0 Å². The first-order chi connectivity index (χ1) is 19.6. The average molecular weight is 685 g/mol. The van der Waals surface area contributed by atoms with Crippen LogP contribution in [0.2, 0.25) is 0 Å². The molecule has 0 saturated heterocycles. The Bertz CT molecular complexity index is 1600. The van der Waals surface area contributed by atoms with Crippen LogP contribution in [0.4, 0.5) is 0 Å². The van der Waals surface area contributed by atoms with Crippen LogP contribution in [0.5, 0.6) is 0 Å². The summed E-state index contributed by atoms with van der Waals surface area (Å²) in [5, 5.41) is 0. The van der Waals surface area contributed by atoms with E-state index in [0.29, 0.717) is 15.5 Å². The number of allylic oxidation sites excluding steroid dienone is 4. The third-order valence-electron chi connectivity index (χ3n) is 9.00. The molecular weight excluding hydrogens is 643 g/mol. The molecular formula is C40H42Cl2Zr. The van der Waals surface area contributed by atoms with Crippen molar-refractivity contribution in [2.24, 2.45) is 17.3 Å². The minimum atomic E-state index is -2.78. The maximum Gasteiger partial charge on any atom is -1.00 e. The zero-order valence-electron chi connectivity index (χ0n) is 26.4. The summed E-state index contributed by atoms with van der Waals surface area (Å²) in [7, 11) is 0. The molecule has 0 amide bonds. The molecule has 4 aromatic carbocycles. The van der Waals surface area contributed by atoms with Crippen molar-refractivity contribution in [3.05, 3.63) is 151 Å². The maximum absolute atomic E-state index is 2.78. The Morgan fingerprint density at radius 1 is 0.651 bits per heavy atom. The minimum Gasteiger partial charge on any atom is -1.00 e. The summed E-state index contributed by atoms with van der Waals surface area (Å²) < 4.78 is 3.81. The topological polar surface area (TPSA) is 0 Å². The standard InChI is InChI=1S/C15H14.C13H9.C12H19.2ClH.Zr/c1-12-3-7-14(8-4-12)11-15-9-5-13(2)6-10-15;1-3-7-12-10(5-1)9-11-6-2-4-8-13(11)12;1-9(2)10-6-7-11(8-10)12(3,4)5;;;/h3-10H,1-2H3;1-9H;7-10H,1-5H3;2*1H;/q;;;;;+2/p-2. The largest absolute Gasteiger partial charge is 1.00 e. The summed E-state index contributed by atoms with van der Waals surface area (Å²) in [6, 6.07) is 37.4. The van der Waals surface area contributed by atoms with E-state index in [4.69, 9.17) is 0 Å². The Labute approximate surface area is 279 Å². The van der Waals surface area contributed by atoms with Crippen LogP contribution in [0.3, 0.4) is 0 Å². The molecule has 0 aromatic heterocycles. The molecule has 0 bridgehead atoms. The normalized spacial score (nSPS) is 15.4. The summed E-state index contributed by atoms with van der Waals surface area (Å²) in [6.07, 6.45) is 5.31. The second-order valence-electron chi connectivity index (χ2n) is 13.4. The zero-order chi connectivity index (χ0) is 28.9. The predicted molar refractivity (Wildman–Crippen MR) is 173 cm³/mol. The molecule has 3 heteroatoms. The van der Waals surface area contributed by atoms with Gasteiger partial charge in [-0.15, -0.1) is 0 Å². The van der Waals surface area contributed by atoms with Crippen LogP contribution in [-0.4, -0.2) is 3.21 Å². The minimum absolute atomic E-state index is 0. The fourth-order valence-electron chi connectivity index (χ4n) is 6.71. The van der Waals surface area contributed by atoms with E-state index in [1.54, 1.807) is 6.49 Å². The van der Waals surface area contributed by atoms with Gasteiger partial charge in [-0.2, -0.15) is 0 Å². The molecule has 43 heavy (non-hydrogen) atoms. The van der Waals surface area contributed by atoms with E-state index in [1.165, 1.54) is 50.1 Å². The third kappa shape index (κ3) is 6.42. The van der Waals surface area contributed by atoms with Crippen molar-refractivity contribution in [1.82, 2.24) is 0 Å². The Balaban J connectivity index is 0.00000212. The summed E-state index contributed by atoms with van der Waals surface area (Å²) in [6.45, 7) is 16.4. The van der Waals surface area contributed by atoms with Gasteiger partial charge < -0.3 is 24.8 Å². The Kier molecular flexibility index (Phi) is 10.4. The molecule has 220 valence electrons. The fourth-order valence-corrected chi connectivity index (χ4v) is 16.7. The first kappa shape index (κ1) is 33.6. The molecule has 0 heterocycles. The molecule has 1 unspecified atom stereocenters. The number of hydrogen-bond donors (Lipinski definition) is 0. The monoisotopic (exact) mass is 682 g/mol. The van der Waals surface area contributed by atoms with Gasteiger partial charge in [-0.25, -0.2) is 0 Å². The van der Waals surface area contributed by atoms with Crippen molar-refractivity contribution in [3.8, 4) is 11.1 Å². The molecule has 0 saturated carbocycles. The summed E-state index contributed by atoms with van der Waals surface area (Å²) in [4.78, 5) is 0.